The quantitative estimate of drug-likeness (QED) is 0.865. The van der Waals surface area contributed by atoms with E-state index in [1.165, 1.54) is 17.4 Å². The van der Waals surface area contributed by atoms with Gasteiger partial charge in [-0.3, -0.25) is 0 Å². The minimum atomic E-state index is -0.185. The molecule has 2 aromatic rings. The maximum absolute atomic E-state index is 13.0. The van der Waals surface area contributed by atoms with E-state index in [9.17, 15) is 4.39 Å². The topological polar surface area (TPSA) is 38.9 Å². The van der Waals surface area contributed by atoms with Crippen molar-refractivity contribution in [1.82, 2.24) is 4.98 Å². The van der Waals surface area contributed by atoms with Crippen LogP contribution in [0.3, 0.4) is 0 Å². The molecule has 0 amide bonds. The molecule has 0 spiro atoms. The summed E-state index contributed by atoms with van der Waals surface area (Å²) >= 11 is 1.40. The molecular formula is C12H11FN2S. The Labute approximate surface area is 97.3 Å². The van der Waals surface area contributed by atoms with Gasteiger partial charge in [0.1, 0.15) is 5.82 Å². The number of anilines is 1. The van der Waals surface area contributed by atoms with Crippen LogP contribution in [0.2, 0.25) is 0 Å². The molecular weight excluding hydrogens is 223 g/mol. The van der Waals surface area contributed by atoms with Crippen LogP contribution in [0.15, 0.2) is 23.6 Å². The molecule has 0 unspecified atom stereocenters. The summed E-state index contributed by atoms with van der Waals surface area (Å²) in [5, 5.41) is 2.43. The Morgan fingerprint density at radius 2 is 2.19 bits per heavy atom. The van der Waals surface area contributed by atoms with Gasteiger partial charge >= 0.3 is 0 Å². The molecule has 0 aliphatic rings. The number of benzene rings is 1. The van der Waals surface area contributed by atoms with Gasteiger partial charge in [0, 0.05) is 5.38 Å². The standard InChI is InChI=1S/C12H11FN2S/c1-8-6-9(3-5-11(8)13)2-4-10-7-16-12(14)15-10/h2-7H,1H3,(H2,14,15). The van der Waals surface area contributed by atoms with E-state index in [1.807, 2.05) is 17.5 Å². The molecule has 1 aromatic heterocycles. The van der Waals surface area contributed by atoms with Crippen molar-refractivity contribution in [2.24, 2.45) is 0 Å². The molecule has 1 aromatic carbocycles. The van der Waals surface area contributed by atoms with Gasteiger partial charge in [-0.2, -0.15) is 0 Å². The SMILES string of the molecule is Cc1cc(C=Cc2csc(N)n2)ccc1F. The Balaban J connectivity index is 2.20. The van der Waals surface area contributed by atoms with Crippen LogP contribution in [-0.4, -0.2) is 4.98 Å². The first-order chi connectivity index (χ1) is 7.65. The van der Waals surface area contributed by atoms with E-state index in [1.54, 1.807) is 19.1 Å². The Kier molecular flexibility index (Phi) is 3.01. The number of nitrogen functional groups attached to an aromatic ring is 1. The molecule has 16 heavy (non-hydrogen) atoms. The zero-order chi connectivity index (χ0) is 11.5. The van der Waals surface area contributed by atoms with Gasteiger partial charge in [0.2, 0.25) is 0 Å². The van der Waals surface area contributed by atoms with E-state index in [0.29, 0.717) is 10.7 Å². The number of hydrogen-bond acceptors (Lipinski definition) is 3. The zero-order valence-corrected chi connectivity index (χ0v) is 9.59. The van der Waals surface area contributed by atoms with Crippen molar-refractivity contribution in [3.05, 3.63) is 46.2 Å². The molecule has 82 valence electrons. The lowest BCUT2D eigenvalue weighted by Crippen LogP contribution is -1.83. The Morgan fingerprint density at radius 1 is 1.38 bits per heavy atom. The monoisotopic (exact) mass is 234 g/mol. The molecule has 0 saturated heterocycles. The van der Waals surface area contributed by atoms with Crippen molar-refractivity contribution in [2.45, 2.75) is 6.92 Å². The summed E-state index contributed by atoms with van der Waals surface area (Å²) in [6, 6.07) is 4.99. The van der Waals surface area contributed by atoms with Crippen LogP contribution in [0, 0.1) is 12.7 Å². The normalized spacial score (nSPS) is 11.1. The number of aromatic nitrogens is 1. The van der Waals surface area contributed by atoms with Gasteiger partial charge in [-0.15, -0.1) is 11.3 Å². The Hall–Kier alpha value is -1.68. The van der Waals surface area contributed by atoms with E-state index >= 15 is 0 Å². The van der Waals surface area contributed by atoms with E-state index in [4.69, 9.17) is 5.73 Å². The van der Waals surface area contributed by atoms with E-state index in [0.717, 1.165) is 11.3 Å². The highest BCUT2D eigenvalue weighted by molar-refractivity contribution is 7.13. The van der Waals surface area contributed by atoms with Gasteiger partial charge in [0.15, 0.2) is 5.13 Å². The molecule has 0 saturated carbocycles. The summed E-state index contributed by atoms with van der Waals surface area (Å²) in [6.45, 7) is 1.74. The van der Waals surface area contributed by atoms with Crippen molar-refractivity contribution in [1.29, 1.82) is 0 Å². The predicted octanol–water partition coefficient (Wildman–Crippen LogP) is 3.34. The molecule has 4 heteroatoms. The summed E-state index contributed by atoms with van der Waals surface area (Å²) in [6.07, 6.45) is 3.75. The van der Waals surface area contributed by atoms with Crippen LogP contribution in [-0.2, 0) is 0 Å². The van der Waals surface area contributed by atoms with Crippen LogP contribution < -0.4 is 5.73 Å². The van der Waals surface area contributed by atoms with Crippen LogP contribution >= 0.6 is 11.3 Å². The number of nitrogens with two attached hydrogens (primary N) is 1. The van der Waals surface area contributed by atoms with E-state index < -0.39 is 0 Å². The fourth-order valence-corrected chi connectivity index (χ4v) is 1.86. The highest BCUT2D eigenvalue weighted by Crippen LogP contribution is 2.15. The third-order valence-corrected chi connectivity index (χ3v) is 2.86. The Morgan fingerprint density at radius 3 is 2.81 bits per heavy atom. The predicted molar refractivity (Wildman–Crippen MR) is 66.6 cm³/mol. The highest BCUT2D eigenvalue weighted by Gasteiger charge is 1.97. The molecule has 2 nitrogen and oxygen atoms in total. The molecule has 0 fully saturated rings. The lowest BCUT2D eigenvalue weighted by atomic mass is 10.1. The maximum atomic E-state index is 13.0. The third kappa shape index (κ3) is 2.46. The maximum Gasteiger partial charge on any atom is 0.180 e. The fourth-order valence-electron chi connectivity index (χ4n) is 1.33. The summed E-state index contributed by atoms with van der Waals surface area (Å²) in [7, 11) is 0. The lowest BCUT2D eigenvalue weighted by Gasteiger charge is -1.97. The average Bonchev–Trinajstić information content (AvgIpc) is 2.66. The summed E-state index contributed by atoms with van der Waals surface area (Å²) < 4.78 is 13.0. The van der Waals surface area contributed by atoms with E-state index in [-0.39, 0.29) is 5.82 Å². The molecule has 2 N–H and O–H groups in total. The highest BCUT2D eigenvalue weighted by atomic mass is 32.1. The number of thiazole rings is 1. The van der Waals surface area contributed by atoms with E-state index in [2.05, 4.69) is 4.98 Å². The second kappa shape index (κ2) is 4.45. The van der Waals surface area contributed by atoms with Gasteiger partial charge < -0.3 is 5.73 Å². The molecule has 0 bridgehead atoms. The van der Waals surface area contributed by atoms with Crippen LogP contribution in [0.1, 0.15) is 16.8 Å². The molecule has 2 rings (SSSR count). The van der Waals surface area contributed by atoms with Crippen molar-refractivity contribution in [2.75, 3.05) is 5.73 Å². The van der Waals surface area contributed by atoms with Gasteiger partial charge in [-0.25, -0.2) is 9.37 Å². The van der Waals surface area contributed by atoms with Gasteiger partial charge in [0.05, 0.1) is 5.69 Å². The van der Waals surface area contributed by atoms with Gasteiger partial charge in [-0.05, 0) is 36.3 Å². The van der Waals surface area contributed by atoms with Crippen molar-refractivity contribution in [3.8, 4) is 0 Å². The molecule has 1 heterocycles. The fraction of sp³-hybridized carbons (Fsp3) is 0.0833. The smallest absolute Gasteiger partial charge is 0.180 e. The summed E-state index contributed by atoms with van der Waals surface area (Å²) in [5.41, 5.74) is 7.93. The van der Waals surface area contributed by atoms with Crippen LogP contribution in [0.4, 0.5) is 9.52 Å². The zero-order valence-electron chi connectivity index (χ0n) is 8.77. The first kappa shape index (κ1) is 10.8. The number of nitrogens with zero attached hydrogens (tertiary/aromatic N) is 1. The molecule has 0 aliphatic heterocycles. The van der Waals surface area contributed by atoms with Crippen LogP contribution in [0.25, 0.3) is 12.2 Å². The minimum absolute atomic E-state index is 0.185. The number of aryl methyl sites for hydroxylation is 1. The second-order valence-corrected chi connectivity index (χ2v) is 4.34. The second-order valence-electron chi connectivity index (χ2n) is 3.45. The van der Waals surface area contributed by atoms with Crippen molar-refractivity contribution >= 4 is 28.6 Å². The Bertz CT molecular complexity index is 532. The van der Waals surface area contributed by atoms with Gasteiger partial charge in [-0.1, -0.05) is 12.1 Å². The summed E-state index contributed by atoms with van der Waals surface area (Å²) in [5.74, 6) is -0.185. The largest absolute Gasteiger partial charge is 0.375 e. The van der Waals surface area contributed by atoms with Crippen LogP contribution in [0.5, 0.6) is 0 Å². The first-order valence-corrected chi connectivity index (χ1v) is 5.68. The number of hydrogen-bond donors (Lipinski definition) is 1. The van der Waals surface area contributed by atoms with Gasteiger partial charge in [0.25, 0.3) is 0 Å². The molecule has 0 radical (unpaired) electrons. The average molecular weight is 234 g/mol. The first-order valence-electron chi connectivity index (χ1n) is 4.80. The summed E-state index contributed by atoms with van der Waals surface area (Å²) in [4.78, 5) is 4.10. The van der Waals surface area contributed by atoms with Crippen molar-refractivity contribution in [3.63, 3.8) is 0 Å². The molecule has 0 atom stereocenters. The number of rotatable bonds is 2. The lowest BCUT2D eigenvalue weighted by molar-refractivity contribution is 0.618. The third-order valence-electron chi connectivity index (χ3n) is 2.17. The number of halogens is 1. The van der Waals surface area contributed by atoms with Crippen molar-refractivity contribution < 1.29 is 4.39 Å². The minimum Gasteiger partial charge on any atom is -0.375 e. The molecule has 0 aliphatic carbocycles.